The van der Waals surface area contributed by atoms with Crippen LogP contribution in [0.1, 0.15) is 53.4 Å². The van der Waals surface area contributed by atoms with Crippen LogP contribution in [0.3, 0.4) is 0 Å². The van der Waals surface area contributed by atoms with E-state index in [0.717, 1.165) is 25.7 Å². The van der Waals surface area contributed by atoms with E-state index in [1.807, 2.05) is 6.92 Å². The molecule has 1 atom stereocenters. The van der Waals surface area contributed by atoms with Crippen LogP contribution in [0.15, 0.2) is 0 Å². The van der Waals surface area contributed by atoms with Gasteiger partial charge in [-0.1, -0.05) is 33.6 Å². The molecule has 0 aromatic rings. The fraction of sp³-hybridized carbons (Fsp3) is 0.857. The van der Waals surface area contributed by atoms with Crippen molar-refractivity contribution in [3.63, 3.8) is 0 Å². The van der Waals surface area contributed by atoms with Gasteiger partial charge in [0.25, 0.3) is 0 Å². The van der Waals surface area contributed by atoms with Gasteiger partial charge >= 0.3 is 5.97 Å². The summed E-state index contributed by atoms with van der Waals surface area (Å²) in [5.74, 6) is -1.17. The minimum atomic E-state index is -0.844. The van der Waals surface area contributed by atoms with Crippen molar-refractivity contribution >= 4 is 11.9 Å². The molecule has 0 rings (SSSR count). The summed E-state index contributed by atoms with van der Waals surface area (Å²) in [5, 5.41) is 8.92. The zero-order valence-corrected chi connectivity index (χ0v) is 12.1. The van der Waals surface area contributed by atoms with E-state index in [0.29, 0.717) is 13.1 Å². The van der Waals surface area contributed by atoms with Gasteiger partial charge in [0, 0.05) is 19.0 Å². The van der Waals surface area contributed by atoms with Crippen molar-refractivity contribution in [1.82, 2.24) is 4.90 Å². The number of hydrogen-bond acceptors (Lipinski definition) is 2. The topological polar surface area (TPSA) is 57.6 Å². The summed E-state index contributed by atoms with van der Waals surface area (Å²) in [6, 6.07) is 0. The Hall–Kier alpha value is -1.06. The predicted octanol–water partition coefficient (Wildman–Crippen LogP) is 2.77. The molecule has 106 valence electrons. The molecule has 0 aliphatic carbocycles. The summed E-state index contributed by atoms with van der Waals surface area (Å²) in [4.78, 5) is 24.9. The van der Waals surface area contributed by atoms with Gasteiger partial charge in [0.1, 0.15) is 0 Å². The fourth-order valence-electron chi connectivity index (χ4n) is 2.13. The van der Waals surface area contributed by atoms with E-state index in [1.54, 1.807) is 11.8 Å². The van der Waals surface area contributed by atoms with E-state index in [2.05, 4.69) is 13.8 Å². The summed E-state index contributed by atoms with van der Waals surface area (Å²) in [7, 11) is 0. The van der Waals surface area contributed by atoms with E-state index in [1.165, 1.54) is 0 Å². The van der Waals surface area contributed by atoms with Gasteiger partial charge < -0.3 is 10.0 Å². The lowest BCUT2D eigenvalue weighted by atomic mass is 9.96. The normalized spacial score (nSPS) is 12.5. The van der Waals surface area contributed by atoms with Gasteiger partial charge in [-0.25, -0.2) is 0 Å². The van der Waals surface area contributed by atoms with E-state index in [4.69, 9.17) is 5.11 Å². The molecule has 18 heavy (non-hydrogen) atoms. The number of rotatable bonds is 9. The van der Waals surface area contributed by atoms with Crippen molar-refractivity contribution in [2.75, 3.05) is 13.1 Å². The fourth-order valence-corrected chi connectivity index (χ4v) is 2.13. The quantitative estimate of drug-likeness (QED) is 0.691. The number of nitrogens with zero attached hydrogens (tertiary/aromatic N) is 1. The van der Waals surface area contributed by atoms with Crippen molar-refractivity contribution < 1.29 is 14.7 Å². The smallest absolute Gasteiger partial charge is 0.308 e. The highest BCUT2D eigenvalue weighted by atomic mass is 16.4. The number of aliphatic carboxylic acids is 1. The molecule has 0 aromatic heterocycles. The minimum absolute atomic E-state index is 0.0564. The highest BCUT2D eigenvalue weighted by Crippen LogP contribution is 2.17. The maximum Gasteiger partial charge on any atom is 0.308 e. The van der Waals surface area contributed by atoms with Crippen molar-refractivity contribution in [1.29, 1.82) is 0 Å². The van der Waals surface area contributed by atoms with Gasteiger partial charge in [0.2, 0.25) is 5.91 Å². The van der Waals surface area contributed by atoms with Crippen LogP contribution in [-0.4, -0.2) is 35.0 Å². The molecule has 1 amide bonds. The van der Waals surface area contributed by atoms with E-state index < -0.39 is 11.9 Å². The zero-order valence-electron chi connectivity index (χ0n) is 12.1. The lowest BCUT2D eigenvalue weighted by molar-refractivity contribution is -0.144. The van der Waals surface area contributed by atoms with E-state index in [-0.39, 0.29) is 11.8 Å². The summed E-state index contributed by atoms with van der Waals surface area (Å²) < 4.78 is 0. The third-order valence-electron chi connectivity index (χ3n) is 3.23. The first-order valence-corrected chi connectivity index (χ1v) is 6.99. The maximum atomic E-state index is 12.3. The Morgan fingerprint density at radius 3 is 1.94 bits per heavy atom. The van der Waals surface area contributed by atoms with E-state index >= 15 is 0 Å². The average molecular weight is 257 g/mol. The summed E-state index contributed by atoms with van der Waals surface area (Å²) in [5.41, 5.74) is 0. The zero-order chi connectivity index (χ0) is 14.1. The molecular weight excluding hydrogens is 230 g/mol. The van der Waals surface area contributed by atoms with Crippen LogP contribution in [-0.2, 0) is 9.59 Å². The van der Waals surface area contributed by atoms with Gasteiger partial charge in [0.05, 0.1) is 5.92 Å². The van der Waals surface area contributed by atoms with Crippen LogP contribution in [0.4, 0.5) is 0 Å². The third kappa shape index (κ3) is 5.52. The Morgan fingerprint density at radius 2 is 1.61 bits per heavy atom. The summed E-state index contributed by atoms with van der Waals surface area (Å²) in [6.07, 6.45) is 3.76. The predicted molar refractivity (Wildman–Crippen MR) is 72.4 cm³/mol. The highest BCUT2D eigenvalue weighted by Gasteiger charge is 2.24. The number of carbonyl (C=O) groups is 2. The minimum Gasteiger partial charge on any atom is -0.481 e. The number of amides is 1. The lowest BCUT2D eigenvalue weighted by Gasteiger charge is -2.27. The Balaban J connectivity index is 4.60. The molecule has 0 aliphatic rings. The van der Waals surface area contributed by atoms with Gasteiger partial charge in [-0.05, 0) is 19.8 Å². The van der Waals surface area contributed by atoms with Crippen molar-refractivity contribution in [3.05, 3.63) is 0 Å². The van der Waals surface area contributed by atoms with Crippen molar-refractivity contribution in [2.24, 2.45) is 11.8 Å². The number of carboxylic acids is 1. The van der Waals surface area contributed by atoms with Crippen LogP contribution in [0.2, 0.25) is 0 Å². The molecular formula is C14H27NO3. The van der Waals surface area contributed by atoms with Crippen molar-refractivity contribution in [3.8, 4) is 0 Å². The van der Waals surface area contributed by atoms with Crippen LogP contribution in [0.5, 0.6) is 0 Å². The number of carboxylic acid groups (broad SMARTS) is 1. The molecule has 1 unspecified atom stereocenters. The van der Waals surface area contributed by atoms with Crippen LogP contribution >= 0.6 is 0 Å². The largest absolute Gasteiger partial charge is 0.481 e. The van der Waals surface area contributed by atoms with Crippen LogP contribution < -0.4 is 0 Å². The standard InChI is InChI=1S/C14H27NO3/c1-5-8-12(9-6-2)13(16)15(7-3)10-11(4)14(17)18/h11-12H,5-10H2,1-4H3,(H,17,18). The molecule has 0 heterocycles. The Labute approximate surface area is 110 Å². The molecule has 0 radical (unpaired) electrons. The molecule has 1 N–H and O–H groups in total. The second kappa shape index (κ2) is 8.95. The second-order valence-corrected chi connectivity index (χ2v) is 4.89. The summed E-state index contributed by atoms with van der Waals surface area (Å²) >= 11 is 0. The molecule has 4 nitrogen and oxygen atoms in total. The first-order valence-electron chi connectivity index (χ1n) is 6.99. The molecule has 0 fully saturated rings. The molecule has 0 saturated carbocycles. The Bertz CT molecular complexity index is 260. The number of carbonyl (C=O) groups excluding carboxylic acids is 1. The molecule has 0 aliphatic heterocycles. The SMILES string of the molecule is CCCC(CCC)C(=O)N(CC)CC(C)C(=O)O. The molecule has 0 bridgehead atoms. The van der Waals surface area contributed by atoms with Crippen molar-refractivity contribution in [2.45, 2.75) is 53.4 Å². The first kappa shape index (κ1) is 16.9. The lowest BCUT2D eigenvalue weighted by Crippen LogP contribution is -2.40. The molecule has 4 heteroatoms. The van der Waals surface area contributed by atoms with Crippen LogP contribution in [0.25, 0.3) is 0 Å². The van der Waals surface area contributed by atoms with Crippen LogP contribution in [0, 0.1) is 11.8 Å². The second-order valence-electron chi connectivity index (χ2n) is 4.89. The molecule has 0 spiro atoms. The van der Waals surface area contributed by atoms with Gasteiger partial charge in [0.15, 0.2) is 0 Å². The Kier molecular flexibility index (Phi) is 8.42. The molecule has 0 saturated heterocycles. The highest BCUT2D eigenvalue weighted by molar-refractivity contribution is 5.79. The third-order valence-corrected chi connectivity index (χ3v) is 3.23. The monoisotopic (exact) mass is 257 g/mol. The Morgan fingerprint density at radius 1 is 1.11 bits per heavy atom. The van der Waals surface area contributed by atoms with Gasteiger partial charge in [-0.2, -0.15) is 0 Å². The van der Waals surface area contributed by atoms with E-state index in [9.17, 15) is 9.59 Å². The van der Waals surface area contributed by atoms with Gasteiger partial charge in [-0.3, -0.25) is 9.59 Å². The summed E-state index contributed by atoms with van der Waals surface area (Å²) in [6.45, 7) is 8.60. The average Bonchev–Trinajstić information content (AvgIpc) is 2.34. The maximum absolute atomic E-state index is 12.3. The number of hydrogen-bond donors (Lipinski definition) is 1. The first-order chi connectivity index (χ1) is 8.47. The molecule has 0 aromatic carbocycles. The van der Waals surface area contributed by atoms with Gasteiger partial charge in [-0.15, -0.1) is 0 Å².